The first-order chi connectivity index (χ1) is 15.6. The van der Waals surface area contributed by atoms with Gasteiger partial charge in [-0.1, -0.05) is 54.3 Å². The first kappa shape index (κ1) is 21.4. The standard InChI is InChI=1S/C23H21ClN4O2S2/c1-14-26-27-22(31-14)25-23-28(15-7-3-2-4-8-15)21(29)20(32-23)13-16-11-12-19(30-16)17-9-5-6-10-18(17)24/h5-6,9-13,15H,2-4,7-8H2,1H3/b20-13+,25-23+. The van der Waals surface area contributed by atoms with Crippen molar-refractivity contribution in [1.82, 2.24) is 15.1 Å². The highest BCUT2D eigenvalue weighted by molar-refractivity contribution is 8.18. The van der Waals surface area contributed by atoms with E-state index < -0.39 is 0 Å². The number of carbonyl (C=O) groups is 1. The third-order valence-corrected chi connectivity index (χ3v) is 7.57. The zero-order valence-electron chi connectivity index (χ0n) is 17.5. The predicted molar refractivity (Wildman–Crippen MR) is 130 cm³/mol. The number of aliphatic imine (C=N–C) groups is 1. The third kappa shape index (κ3) is 4.40. The van der Waals surface area contributed by atoms with Gasteiger partial charge in [0.05, 0.1) is 9.93 Å². The van der Waals surface area contributed by atoms with Gasteiger partial charge in [0.15, 0.2) is 5.17 Å². The number of halogens is 1. The Balaban J connectivity index is 1.46. The highest BCUT2D eigenvalue weighted by Gasteiger charge is 2.39. The molecule has 1 aliphatic carbocycles. The fourth-order valence-corrected chi connectivity index (χ4v) is 5.87. The minimum atomic E-state index is -0.0300. The molecule has 0 atom stereocenters. The van der Waals surface area contributed by atoms with Crippen LogP contribution in [0.4, 0.5) is 5.13 Å². The molecule has 1 amide bonds. The Bertz CT molecular complexity index is 1210. The van der Waals surface area contributed by atoms with E-state index in [1.54, 1.807) is 6.08 Å². The van der Waals surface area contributed by atoms with Gasteiger partial charge in [0.2, 0.25) is 5.13 Å². The Morgan fingerprint density at radius 2 is 1.97 bits per heavy atom. The summed E-state index contributed by atoms with van der Waals surface area (Å²) in [5.74, 6) is 1.24. The molecule has 1 aromatic carbocycles. The fourth-order valence-electron chi connectivity index (χ4n) is 4.00. The second kappa shape index (κ2) is 9.21. The van der Waals surface area contributed by atoms with Crippen molar-refractivity contribution in [2.24, 2.45) is 4.99 Å². The number of aryl methyl sites for hydroxylation is 1. The average Bonchev–Trinajstić information content (AvgIpc) is 3.50. The number of aromatic nitrogens is 2. The number of amides is 1. The van der Waals surface area contributed by atoms with Gasteiger partial charge in [0, 0.05) is 17.7 Å². The number of thioether (sulfide) groups is 1. The predicted octanol–water partition coefficient (Wildman–Crippen LogP) is 6.70. The first-order valence-electron chi connectivity index (χ1n) is 10.5. The smallest absolute Gasteiger partial charge is 0.267 e. The molecule has 2 fully saturated rings. The van der Waals surface area contributed by atoms with Gasteiger partial charge in [0.1, 0.15) is 16.5 Å². The van der Waals surface area contributed by atoms with Gasteiger partial charge in [-0.2, -0.15) is 4.99 Å². The van der Waals surface area contributed by atoms with E-state index in [2.05, 4.69) is 15.2 Å². The van der Waals surface area contributed by atoms with Crippen molar-refractivity contribution < 1.29 is 9.21 Å². The lowest BCUT2D eigenvalue weighted by molar-refractivity contribution is -0.124. The summed E-state index contributed by atoms with van der Waals surface area (Å²) >= 11 is 9.09. The van der Waals surface area contributed by atoms with Gasteiger partial charge < -0.3 is 4.42 Å². The molecule has 1 saturated carbocycles. The Hall–Kier alpha value is -2.42. The van der Waals surface area contributed by atoms with Crippen LogP contribution in [0.3, 0.4) is 0 Å². The second-order valence-corrected chi connectivity index (χ2v) is 10.3. The lowest BCUT2D eigenvalue weighted by Gasteiger charge is -2.30. The summed E-state index contributed by atoms with van der Waals surface area (Å²) in [6.45, 7) is 1.89. The molecule has 1 aliphatic heterocycles. The van der Waals surface area contributed by atoms with Crippen LogP contribution in [0.15, 0.2) is 50.7 Å². The van der Waals surface area contributed by atoms with E-state index in [9.17, 15) is 4.79 Å². The maximum absolute atomic E-state index is 13.4. The molecule has 1 saturated heterocycles. The monoisotopic (exact) mass is 484 g/mol. The van der Waals surface area contributed by atoms with E-state index in [0.29, 0.717) is 31.7 Å². The van der Waals surface area contributed by atoms with Crippen LogP contribution in [0, 0.1) is 6.92 Å². The van der Waals surface area contributed by atoms with Gasteiger partial charge in [-0.25, -0.2) is 0 Å². The number of amidine groups is 1. The number of rotatable bonds is 4. The van der Waals surface area contributed by atoms with Gasteiger partial charge >= 0.3 is 0 Å². The zero-order chi connectivity index (χ0) is 22.1. The van der Waals surface area contributed by atoms with E-state index in [-0.39, 0.29) is 11.9 Å². The first-order valence-corrected chi connectivity index (χ1v) is 12.6. The number of hydrogen-bond donors (Lipinski definition) is 0. The number of hydrogen-bond acceptors (Lipinski definition) is 7. The van der Waals surface area contributed by atoms with Crippen molar-refractivity contribution in [2.45, 2.75) is 45.1 Å². The number of furan rings is 1. The van der Waals surface area contributed by atoms with E-state index in [0.717, 1.165) is 36.3 Å². The molecule has 5 rings (SSSR count). The molecule has 3 heterocycles. The lowest BCUT2D eigenvalue weighted by atomic mass is 9.94. The van der Waals surface area contributed by atoms with Gasteiger partial charge in [-0.05, 0) is 55.8 Å². The summed E-state index contributed by atoms with van der Waals surface area (Å²) < 4.78 is 5.99. The van der Waals surface area contributed by atoms with Crippen LogP contribution < -0.4 is 0 Å². The molecule has 0 spiro atoms. The van der Waals surface area contributed by atoms with Crippen LogP contribution >= 0.6 is 34.7 Å². The molecule has 164 valence electrons. The van der Waals surface area contributed by atoms with Crippen molar-refractivity contribution in [3.8, 4) is 11.3 Å². The van der Waals surface area contributed by atoms with Crippen LogP contribution in [0.2, 0.25) is 5.02 Å². The molecule has 0 bridgehead atoms. The quantitative estimate of drug-likeness (QED) is 0.385. The highest BCUT2D eigenvalue weighted by atomic mass is 35.5. The summed E-state index contributed by atoms with van der Waals surface area (Å²) in [4.78, 5) is 20.5. The van der Waals surface area contributed by atoms with Gasteiger partial charge in [0.25, 0.3) is 5.91 Å². The fraction of sp³-hybridized carbons (Fsp3) is 0.304. The highest BCUT2D eigenvalue weighted by Crippen LogP contribution is 2.39. The largest absolute Gasteiger partial charge is 0.457 e. The van der Waals surface area contributed by atoms with E-state index in [1.807, 2.05) is 48.2 Å². The summed E-state index contributed by atoms with van der Waals surface area (Å²) in [6, 6.07) is 11.4. The molecule has 6 nitrogen and oxygen atoms in total. The summed E-state index contributed by atoms with van der Waals surface area (Å²) in [5, 5.41) is 10.9. The van der Waals surface area contributed by atoms with E-state index in [4.69, 9.17) is 16.0 Å². The van der Waals surface area contributed by atoms with Crippen LogP contribution in [-0.4, -0.2) is 32.2 Å². The molecule has 3 aromatic rings. The number of benzene rings is 1. The van der Waals surface area contributed by atoms with Crippen molar-refractivity contribution in [2.75, 3.05) is 0 Å². The van der Waals surface area contributed by atoms with Crippen LogP contribution in [0.1, 0.15) is 42.9 Å². The molecule has 0 unspecified atom stereocenters. The Kier molecular flexibility index (Phi) is 6.17. The van der Waals surface area contributed by atoms with Crippen LogP contribution in [0.5, 0.6) is 0 Å². The summed E-state index contributed by atoms with van der Waals surface area (Å²) in [6.07, 6.45) is 7.24. The Morgan fingerprint density at radius 3 is 2.72 bits per heavy atom. The number of nitrogens with zero attached hydrogens (tertiary/aromatic N) is 4. The molecule has 0 radical (unpaired) electrons. The third-order valence-electron chi connectivity index (χ3n) is 5.52. The van der Waals surface area contributed by atoms with Crippen LogP contribution in [-0.2, 0) is 4.79 Å². The second-order valence-electron chi connectivity index (χ2n) is 7.76. The molecule has 9 heteroatoms. The Morgan fingerprint density at radius 1 is 1.16 bits per heavy atom. The SMILES string of the molecule is Cc1nnc(/N=C2/S/C(=C/c3ccc(-c4ccccc4Cl)o3)C(=O)N2C2CCCCC2)s1. The van der Waals surface area contributed by atoms with Crippen molar-refractivity contribution in [3.63, 3.8) is 0 Å². The topological polar surface area (TPSA) is 71.6 Å². The molecular weight excluding hydrogens is 464 g/mol. The summed E-state index contributed by atoms with van der Waals surface area (Å²) in [5.41, 5.74) is 0.821. The molecule has 2 aromatic heterocycles. The zero-order valence-corrected chi connectivity index (χ0v) is 19.8. The number of carbonyl (C=O) groups excluding carboxylic acids is 1. The minimum absolute atomic E-state index is 0.0300. The maximum Gasteiger partial charge on any atom is 0.267 e. The Labute approximate surface area is 199 Å². The van der Waals surface area contributed by atoms with Gasteiger partial charge in [-0.15, -0.1) is 10.2 Å². The molecule has 0 N–H and O–H groups in total. The van der Waals surface area contributed by atoms with E-state index in [1.165, 1.54) is 29.5 Å². The molecule has 2 aliphatic rings. The average molecular weight is 485 g/mol. The normalized spacial score (nSPS) is 20.1. The van der Waals surface area contributed by atoms with Gasteiger partial charge in [-0.3, -0.25) is 9.69 Å². The van der Waals surface area contributed by atoms with Crippen molar-refractivity contribution in [3.05, 3.63) is 57.1 Å². The van der Waals surface area contributed by atoms with E-state index >= 15 is 0 Å². The molecule has 32 heavy (non-hydrogen) atoms. The summed E-state index contributed by atoms with van der Waals surface area (Å²) in [7, 11) is 0. The van der Waals surface area contributed by atoms with Crippen molar-refractivity contribution in [1.29, 1.82) is 0 Å². The maximum atomic E-state index is 13.4. The molecular formula is C23H21ClN4O2S2. The van der Waals surface area contributed by atoms with Crippen molar-refractivity contribution >= 4 is 57.0 Å². The minimum Gasteiger partial charge on any atom is -0.457 e. The van der Waals surface area contributed by atoms with Crippen LogP contribution in [0.25, 0.3) is 17.4 Å². The lowest BCUT2D eigenvalue weighted by Crippen LogP contribution is -2.40.